The van der Waals surface area contributed by atoms with Crippen molar-refractivity contribution in [2.45, 2.75) is 44.7 Å². The first kappa shape index (κ1) is 12.2. The molecule has 2 unspecified atom stereocenters. The van der Waals surface area contributed by atoms with E-state index in [0.29, 0.717) is 12.6 Å². The summed E-state index contributed by atoms with van der Waals surface area (Å²) >= 11 is 0. The molecule has 2 heteroatoms. The highest BCUT2D eigenvalue weighted by Crippen LogP contribution is 2.47. The van der Waals surface area contributed by atoms with Gasteiger partial charge in [-0.25, -0.2) is 0 Å². The Labute approximate surface area is 110 Å². The zero-order chi connectivity index (χ0) is 12.4. The Balaban J connectivity index is 1.76. The fourth-order valence-corrected chi connectivity index (χ4v) is 4.04. The molecule has 1 aliphatic carbocycles. The number of hydrogen-bond donors (Lipinski definition) is 1. The molecule has 0 bridgehead atoms. The third-order valence-electron chi connectivity index (χ3n) is 4.96. The molecule has 0 radical (unpaired) electrons. The van der Waals surface area contributed by atoms with E-state index in [0.717, 1.165) is 6.54 Å². The molecule has 2 nitrogen and oxygen atoms in total. The van der Waals surface area contributed by atoms with Gasteiger partial charge >= 0.3 is 0 Å². The maximum absolute atomic E-state index is 9.81. The van der Waals surface area contributed by atoms with E-state index in [1.165, 1.54) is 44.2 Å². The van der Waals surface area contributed by atoms with Crippen molar-refractivity contribution >= 4 is 0 Å². The number of hydrogen-bond acceptors (Lipinski definition) is 2. The topological polar surface area (TPSA) is 23.5 Å². The second kappa shape index (κ2) is 5.02. The first-order valence-corrected chi connectivity index (χ1v) is 7.23. The largest absolute Gasteiger partial charge is 0.396 e. The van der Waals surface area contributed by atoms with Crippen molar-refractivity contribution in [3.8, 4) is 0 Å². The molecule has 3 rings (SSSR count). The number of rotatable bonds is 3. The SMILES string of the molecule is OCC12CCCC1N(Cc1ccccc1)CCC2. The molecule has 2 fully saturated rings. The molecule has 1 aromatic carbocycles. The van der Waals surface area contributed by atoms with Gasteiger partial charge in [-0.1, -0.05) is 36.8 Å². The second-order valence-corrected chi connectivity index (χ2v) is 5.99. The van der Waals surface area contributed by atoms with E-state index < -0.39 is 0 Å². The van der Waals surface area contributed by atoms with E-state index in [-0.39, 0.29) is 5.41 Å². The number of piperidine rings is 1. The Kier molecular flexibility index (Phi) is 3.40. The van der Waals surface area contributed by atoms with Gasteiger partial charge in [-0.05, 0) is 37.8 Å². The Bertz CT molecular complexity index is 391. The zero-order valence-electron chi connectivity index (χ0n) is 11.0. The fraction of sp³-hybridized carbons (Fsp3) is 0.625. The quantitative estimate of drug-likeness (QED) is 0.885. The molecule has 1 saturated heterocycles. The Morgan fingerprint density at radius 3 is 2.72 bits per heavy atom. The monoisotopic (exact) mass is 245 g/mol. The second-order valence-electron chi connectivity index (χ2n) is 5.99. The lowest BCUT2D eigenvalue weighted by atomic mass is 9.75. The van der Waals surface area contributed by atoms with Crippen molar-refractivity contribution in [1.29, 1.82) is 0 Å². The predicted molar refractivity (Wildman–Crippen MR) is 73.2 cm³/mol. The summed E-state index contributed by atoms with van der Waals surface area (Å²) in [5, 5.41) is 9.81. The maximum atomic E-state index is 9.81. The molecule has 0 spiro atoms. The molecular formula is C16H23NO. The molecule has 1 N–H and O–H groups in total. The normalized spacial score (nSPS) is 32.4. The third-order valence-corrected chi connectivity index (χ3v) is 4.96. The van der Waals surface area contributed by atoms with Gasteiger partial charge in [0.25, 0.3) is 0 Å². The van der Waals surface area contributed by atoms with Gasteiger partial charge in [0, 0.05) is 18.0 Å². The summed E-state index contributed by atoms with van der Waals surface area (Å²) in [5.74, 6) is 0. The predicted octanol–water partition coefficient (Wildman–Crippen LogP) is 2.81. The van der Waals surface area contributed by atoms with Crippen LogP contribution in [0.4, 0.5) is 0 Å². The molecule has 1 aromatic rings. The lowest BCUT2D eigenvalue weighted by molar-refractivity contribution is -0.00973. The fourth-order valence-electron chi connectivity index (χ4n) is 4.04. The number of benzene rings is 1. The number of fused-ring (bicyclic) bond motifs is 1. The summed E-state index contributed by atoms with van der Waals surface area (Å²) in [6, 6.07) is 11.3. The third kappa shape index (κ3) is 2.08. The van der Waals surface area contributed by atoms with E-state index in [4.69, 9.17) is 0 Å². The molecule has 0 amide bonds. The average Bonchev–Trinajstić information content (AvgIpc) is 2.85. The summed E-state index contributed by atoms with van der Waals surface area (Å²) in [7, 11) is 0. The van der Waals surface area contributed by atoms with Gasteiger partial charge in [-0.2, -0.15) is 0 Å². The highest BCUT2D eigenvalue weighted by atomic mass is 16.3. The number of likely N-dealkylation sites (tertiary alicyclic amines) is 1. The standard InChI is InChI=1S/C16H23NO/c18-13-16-9-4-8-15(16)17(11-5-10-16)12-14-6-2-1-3-7-14/h1-3,6-7,15,18H,4-5,8-13H2. The van der Waals surface area contributed by atoms with E-state index in [2.05, 4.69) is 35.2 Å². The minimum atomic E-state index is 0.215. The minimum absolute atomic E-state index is 0.215. The molecule has 1 aliphatic heterocycles. The summed E-state index contributed by atoms with van der Waals surface area (Å²) in [4.78, 5) is 2.61. The molecule has 2 aliphatic rings. The van der Waals surface area contributed by atoms with Crippen LogP contribution in [0.2, 0.25) is 0 Å². The first-order chi connectivity index (χ1) is 8.84. The summed E-state index contributed by atoms with van der Waals surface area (Å²) in [5.41, 5.74) is 1.62. The molecule has 2 atom stereocenters. The van der Waals surface area contributed by atoms with Gasteiger partial charge in [0.2, 0.25) is 0 Å². The van der Waals surface area contributed by atoms with Crippen LogP contribution in [0, 0.1) is 5.41 Å². The average molecular weight is 245 g/mol. The van der Waals surface area contributed by atoms with Gasteiger partial charge < -0.3 is 5.11 Å². The number of nitrogens with zero attached hydrogens (tertiary/aromatic N) is 1. The van der Waals surface area contributed by atoms with Crippen molar-refractivity contribution in [2.24, 2.45) is 5.41 Å². The molecule has 0 aromatic heterocycles. The van der Waals surface area contributed by atoms with Crippen LogP contribution in [0.1, 0.15) is 37.7 Å². The maximum Gasteiger partial charge on any atom is 0.0502 e. The van der Waals surface area contributed by atoms with Gasteiger partial charge in [-0.3, -0.25) is 4.90 Å². The number of aliphatic hydroxyl groups is 1. The smallest absolute Gasteiger partial charge is 0.0502 e. The van der Waals surface area contributed by atoms with Crippen molar-refractivity contribution in [1.82, 2.24) is 4.90 Å². The summed E-state index contributed by atoms with van der Waals surface area (Å²) in [6.45, 7) is 2.62. The van der Waals surface area contributed by atoms with Crippen molar-refractivity contribution in [3.63, 3.8) is 0 Å². The molecular weight excluding hydrogens is 222 g/mol. The van der Waals surface area contributed by atoms with Crippen LogP contribution in [0.5, 0.6) is 0 Å². The van der Waals surface area contributed by atoms with E-state index >= 15 is 0 Å². The van der Waals surface area contributed by atoms with Crippen LogP contribution in [0.15, 0.2) is 30.3 Å². The zero-order valence-corrected chi connectivity index (χ0v) is 11.0. The van der Waals surface area contributed by atoms with E-state index in [1.807, 2.05) is 0 Å². The molecule has 1 saturated carbocycles. The van der Waals surface area contributed by atoms with Gasteiger partial charge in [0.05, 0.1) is 6.61 Å². The van der Waals surface area contributed by atoms with Crippen molar-refractivity contribution in [3.05, 3.63) is 35.9 Å². The van der Waals surface area contributed by atoms with Crippen LogP contribution in [-0.4, -0.2) is 29.2 Å². The van der Waals surface area contributed by atoms with Crippen LogP contribution in [0.25, 0.3) is 0 Å². The lowest BCUT2D eigenvalue weighted by Crippen LogP contribution is -2.50. The Hall–Kier alpha value is -0.860. The first-order valence-electron chi connectivity index (χ1n) is 7.23. The van der Waals surface area contributed by atoms with Gasteiger partial charge in [0.15, 0.2) is 0 Å². The number of aliphatic hydroxyl groups excluding tert-OH is 1. The van der Waals surface area contributed by atoms with Gasteiger partial charge in [-0.15, -0.1) is 0 Å². The minimum Gasteiger partial charge on any atom is -0.396 e. The van der Waals surface area contributed by atoms with Crippen LogP contribution < -0.4 is 0 Å². The van der Waals surface area contributed by atoms with Crippen molar-refractivity contribution in [2.75, 3.05) is 13.2 Å². The molecule has 1 heterocycles. The van der Waals surface area contributed by atoms with Crippen LogP contribution in [-0.2, 0) is 6.54 Å². The van der Waals surface area contributed by atoms with Gasteiger partial charge in [0.1, 0.15) is 0 Å². The Morgan fingerprint density at radius 2 is 1.94 bits per heavy atom. The summed E-state index contributed by atoms with van der Waals surface area (Å²) < 4.78 is 0. The van der Waals surface area contributed by atoms with E-state index in [9.17, 15) is 5.11 Å². The van der Waals surface area contributed by atoms with Crippen LogP contribution in [0.3, 0.4) is 0 Å². The molecule has 18 heavy (non-hydrogen) atoms. The van der Waals surface area contributed by atoms with Crippen LogP contribution >= 0.6 is 0 Å². The van der Waals surface area contributed by atoms with E-state index in [1.54, 1.807) is 0 Å². The Morgan fingerprint density at radius 1 is 1.17 bits per heavy atom. The highest BCUT2D eigenvalue weighted by Gasteiger charge is 2.47. The summed E-state index contributed by atoms with van der Waals surface area (Å²) in [6.07, 6.45) is 6.24. The van der Waals surface area contributed by atoms with Crippen molar-refractivity contribution < 1.29 is 5.11 Å². The lowest BCUT2D eigenvalue weighted by Gasteiger charge is -2.45. The molecule has 98 valence electrons. The highest BCUT2D eigenvalue weighted by molar-refractivity contribution is 5.15.